The number of esters is 1. The lowest BCUT2D eigenvalue weighted by molar-refractivity contribution is -0.290. The minimum atomic E-state index is -0.146. The third-order valence-corrected chi connectivity index (χ3v) is 7.60. The number of thioether (sulfide) groups is 5. The van der Waals surface area contributed by atoms with E-state index >= 15 is 0 Å². The van der Waals surface area contributed by atoms with E-state index < -0.39 is 0 Å². The number of hydrogen-bond acceptors (Lipinski definition) is 10. The van der Waals surface area contributed by atoms with Gasteiger partial charge in [0.2, 0.25) is 0 Å². The molecule has 0 saturated carbocycles. The van der Waals surface area contributed by atoms with Crippen molar-refractivity contribution in [1.29, 1.82) is 0 Å². The van der Waals surface area contributed by atoms with Crippen LogP contribution in [0.15, 0.2) is 0 Å². The SMILES string of the molecule is CCOOCCCSCSCSCCC(=O)OCSCSCO. The molecule has 0 heterocycles. The fourth-order valence-corrected chi connectivity index (χ4v) is 5.76. The van der Waals surface area contributed by atoms with Gasteiger partial charge >= 0.3 is 5.97 Å². The second-order valence-electron chi connectivity index (χ2n) is 3.88. The molecule has 0 radical (unpaired) electrons. The minimum Gasteiger partial charge on any atom is -0.455 e. The average molecular weight is 423 g/mol. The molecular weight excluding hydrogens is 396 g/mol. The van der Waals surface area contributed by atoms with Crippen molar-refractivity contribution in [3.8, 4) is 0 Å². The molecule has 0 atom stereocenters. The first-order chi connectivity index (χ1) is 11.3. The monoisotopic (exact) mass is 422 g/mol. The Bertz CT molecular complexity index is 261. The van der Waals surface area contributed by atoms with E-state index in [0.717, 1.165) is 33.2 Å². The molecular formula is C13H26O5S5. The molecule has 0 aromatic rings. The standard InChI is InChI=1S/C13H26O5S5/c1-2-17-18-5-3-6-19-10-23-11-20-7-4-13(15)16-9-22-12-21-8-14/h14H,2-12H2,1H3. The summed E-state index contributed by atoms with van der Waals surface area (Å²) in [4.78, 5) is 21.1. The second kappa shape index (κ2) is 21.1. The van der Waals surface area contributed by atoms with Gasteiger partial charge < -0.3 is 9.84 Å². The molecule has 138 valence electrons. The van der Waals surface area contributed by atoms with E-state index in [0.29, 0.717) is 25.6 Å². The van der Waals surface area contributed by atoms with E-state index in [4.69, 9.17) is 19.6 Å². The van der Waals surface area contributed by atoms with Gasteiger partial charge in [-0.15, -0.1) is 35.3 Å². The molecule has 5 nitrogen and oxygen atoms in total. The minimum absolute atomic E-state index is 0.106. The molecule has 0 fully saturated rings. The number of hydrogen-bond donors (Lipinski definition) is 1. The first-order valence-corrected chi connectivity index (χ1v) is 13.0. The van der Waals surface area contributed by atoms with Crippen LogP contribution in [0, 0.1) is 0 Å². The van der Waals surface area contributed by atoms with Crippen LogP contribution in [0.4, 0.5) is 0 Å². The van der Waals surface area contributed by atoms with Crippen LogP contribution < -0.4 is 0 Å². The smallest absolute Gasteiger partial charge is 0.307 e. The van der Waals surface area contributed by atoms with Crippen molar-refractivity contribution in [3.63, 3.8) is 0 Å². The van der Waals surface area contributed by atoms with Crippen LogP contribution >= 0.6 is 58.8 Å². The maximum absolute atomic E-state index is 11.4. The third-order valence-electron chi connectivity index (χ3n) is 2.06. The summed E-state index contributed by atoms with van der Waals surface area (Å²) in [6, 6.07) is 0. The zero-order valence-corrected chi connectivity index (χ0v) is 17.5. The fourth-order valence-electron chi connectivity index (χ4n) is 1.10. The van der Waals surface area contributed by atoms with Gasteiger partial charge in [-0.3, -0.25) is 4.79 Å². The van der Waals surface area contributed by atoms with Gasteiger partial charge in [-0.2, -0.15) is 23.5 Å². The van der Waals surface area contributed by atoms with Crippen LogP contribution in [0.25, 0.3) is 0 Å². The summed E-state index contributed by atoms with van der Waals surface area (Å²) in [7, 11) is 0. The Hall–Kier alpha value is 1.10. The Morgan fingerprint density at radius 2 is 1.70 bits per heavy atom. The summed E-state index contributed by atoms with van der Waals surface area (Å²) < 4.78 is 5.07. The van der Waals surface area contributed by atoms with Crippen molar-refractivity contribution in [3.05, 3.63) is 0 Å². The summed E-state index contributed by atoms with van der Waals surface area (Å²) in [5.74, 6) is 2.20. The molecule has 0 aromatic heterocycles. The zero-order valence-electron chi connectivity index (χ0n) is 13.4. The van der Waals surface area contributed by atoms with Crippen molar-refractivity contribution < 1.29 is 24.4 Å². The Morgan fingerprint density at radius 3 is 2.43 bits per heavy atom. The molecule has 0 amide bonds. The van der Waals surface area contributed by atoms with Gasteiger partial charge in [0.1, 0.15) is 5.94 Å². The molecule has 0 aliphatic carbocycles. The second-order valence-corrected chi connectivity index (χ2v) is 10.1. The maximum Gasteiger partial charge on any atom is 0.307 e. The number of rotatable bonds is 18. The molecule has 0 aromatic carbocycles. The average Bonchev–Trinajstić information content (AvgIpc) is 2.55. The highest BCUT2D eigenvalue weighted by molar-refractivity contribution is 8.22. The summed E-state index contributed by atoms with van der Waals surface area (Å²) in [6.07, 6.45) is 1.46. The van der Waals surface area contributed by atoms with Crippen LogP contribution in [0.5, 0.6) is 0 Å². The van der Waals surface area contributed by atoms with Crippen molar-refractivity contribution >= 4 is 64.8 Å². The lowest BCUT2D eigenvalue weighted by Crippen LogP contribution is -2.05. The third kappa shape index (κ3) is 21.1. The number of aliphatic hydroxyl groups is 1. The predicted octanol–water partition coefficient (Wildman–Crippen LogP) is 3.72. The summed E-state index contributed by atoms with van der Waals surface area (Å²) in [6.45, 7) is 3.15. The quantitative estimate of drug-likeness (QED) is 0.116. The van der Waals surface area contributed by atoms with Crippen LogP contribution in [-0.2, 0) is 19.3 Å². The molecule has 0 bridgehead atoms. The van der Waals surface area contributed by atoms with Gasteiger partial charge in [-0.05, 0) is 19.1 Å². The van der Waals surface area contributed by atoms with Gasteiger partial charge in [0, 0.05) is 21.0 Å². The van der Waals surface area contributed by atoms with Gasteiger partial charge in [0.15, 0.2) is 0 Å². The van der Waals surface area contributed by atoms with Crippen LogP contribution in [0.1, 0.15) is 19.8 Å². The van der Waals surface area contributed by atoms with Crippen molar-refractivity contribution in [2.45, 2.75) is 19.8 Å². The first-order valence-electron chi connectivity index (χ1n) is 7.20. The summed E-state index contributed by atoms with van der Waals surface area (Å²) in [5, 5.41) is 11.4. The molecule has 0 unspecified atom stereocenters. The summed E-state index contributed by atoms with van der Waals surface area (Å²) in [5.41, 5.74) is 0. The molecule has 0 rings (SSSR count). The van der Waals surface area contributed by atoms with E-state index in [1.807, 2.05) is 30.4 Å². The molecule has 0 aliphatic rings. The topological polar surface area (TPSA) is 65.0 Å². The number of carbonyl (C=O) groups is 1. The van der Waals surface area contributed by atoms with E-state index in [2.05, 4.69) is 0 Å². The molecule has 0 spiro atoms. The normalized spacial score (nSPS) is 10.9. The fraction of sp³-hybridized carbons (Fsp3) is 0.923. The summed E-state index contributed by atoms with van der Waals surface area (Å²) >= 11 is 8.43. The van der Waals surface area contributed by atoms with Crippen LogP contribution in [0.2, 0.25) is 0 Å². The molecule has 23 heavy (non-hydrogen) atoms. The van der Waals surface area contributed by atoms with E-state index in [1.165, 1.54) is 23.5 Å². The van der Waals surface area contributed by atoms with E-state index in [1.54, 1.807) is 11.8 Å². The van der Waals surface area contributed by atoms with Crippen LogP contribution in [-0.4, -0.2) is 62.9 Å². The Balaban J connectivity index is 3.10. The molecule has 0 aliphatic heterocycles. The highest BCUT2D eigenvalue weighted by atomic mass is 32.2. The maximum atomic E-state index is 11.4. The predicted molar refractivity (Wildman–Crippen MR) is 107 cm³/mol. The van der Waals surface area contributed by atoms with Crippen LogP contribution in [0.3, 0.4) is 0 Å². The van der Waals surface area contributed by atoms with E-state index in [9.17, 15) is 4.79 Å². The van der Waals surface area contributed by atoms with Gasteiger partial charge in [0.05, 0.1) is 25.6 Å². The number of ether oxygens (including phenoxy) is 1. The largest absolute Gasteiger partial charge is 0.455 e. The Labute approximate surface area is 160 Å². The van der Waals surface area contributed by atoms with E-state index in [-0.39, 0.29) is 11.9 Å². The van der Waals surface area contributed by atoms with Crippen molar-refractivity contribution in [1.82, 2.24) is 0 Å². The Morgan fingerprint density at radius 1 is 0.957 bits per heavy atom. The first kappa shape index (κ1) is 24.1. The molecule has 10 heteroatoms. The lowest BCUT2D eigenvalue weighted by Gasteiger charge is -2.05. The highest BCUT2D eigenvalue weighted by Gasteiger charge is 2.02. The van der Waals surface area contributed by atoms with Gasteiger partial charge in [-0.1, -0.05) is 0 Å². The number of aliphatic hydroxyl groups excluding tert-OH is 1. The molecule has 0 saturated heterocycles. The van der Waals surface area contributed by atoms with Crippen molar-refractivity contribution in [2.75, 3.05) is 51.9 Å². The number of carbonyl (C=O) groups excluding carboxylic acids is 1. The van der Waals surface area contributed by atoms with Gasteiger partial charge in [0.25, 0.3) is 0 Å². The highest BCUT2D eigenvalue weighted by Crippen LogP contribution is 2.19. The Kier molecular flexibility index (Phi) is 22.2. The molecule has 1 N–H and O–H groups in total. The zero-order chi connectivity index (χ0) is 17.0. The van der Waals surface area contributed by atoms with Crippen molar-refractivity contribution in [2.24, 2.45) is 0 Å². The van der Waals surface area contributed by atoms with Gasteiger partial charge in [-0.25, -0.2) is 9.78 Å². The lowest BCUT2D eigenvalue weighted by atomic mass is 10.5.